The number of hydrogen-bond donors (Lipinski definition) is 1. The molecule has 2 aromatic rings. The second kappa shape index (κ2) is 10.8. The molecule has 2 aromatic carbocycles. The Morgan fingerprint density at radius 2 is 1.94 bits per heavy atom. The molecule has 0 radical (unpaired) electrons. The topological polar surface area (TPSA) is 94.2 Å². The van der Waals surface area contributed by atoms with Gasteiger partial charge < -0.3 is 19.5 Å². The fourth-order valence-electron chi connectivity index (χ4n) is 3.19. The molecule has 178 valence electrons. The first-order valence-corrected chi connectivity index (χ1v) is 11.9. The van der Waals surface area contributed by atoms with Crippen LogP contribution in [0, 0.1) is 0 Å². The standard InChI is InChI=1S/C24H23ClN2O6S/c1-31-20-12-15(6-9-19(20)33-14-22(28)26-16-7-8-16)13-21-23(29)27(24(30)34-21)10-11-32-18-5-3-2-4-17(18)25/h2-6,9,12-13,16H,7-8,10-11,14H2,1H3,(H,26,28)/b21-13-. The third-order valence-corrected chi connectivity index (χ3v) is 6.29. The highest BCUT2D eigenvalue weighted by Gasteiger charge is 2.35. The molecule has 8 nitrogen and oxygen atoms in total. The summed E-state index contributed by atoms with van der Waals surface area (Å²) >= 11 is 6.92. The van der Waals surface area contributed by atoms with Gasteiger partial charge in [0.2, 0.25) is 0 Å². The molecule has 0 atom stereocenters. The van der Waals surface area contributed by atoms with Gasteiger partial charge in [0.15, 0.2) is 18.1 Å². The molecule has 1 aliphatic heterocycles. The first-order chi connectivity index (χ1) is 16.4. The van der Waals surface area contributed by atoms with Gasteiger partial charge in [0, 0.05) is 6.04 Å². The molecule has 2 fully saturated rings. The predicted octanol–water partition coefficient (Wildman–Crippen LogP) is 4.12. The van der Waals surface area contributed by atoms with E-state index in [9.17, 15) is 14.4 Å². The number of halogens is 1. The summed E-state index contributed by atoms with van der Waals surface area (Å²) in [6, 6.07) is 12.3. The van der Waals surface area contributed by atoms with E-state index in [0.717, 1.165) is 29.5 Å². The monoisotopic (exact) mass is 502 g/mol. The van der Waals surface area contributed by atoms with Gasteiger partial charge in [0.05, 0.1) is 23.6 Å². The van der Waals surface area contributed by atoms with E-state index in [1.54, 1.807) is 48.5 Å². The Labute approximate surface area is 206 Å². The summed E-state index contributed by atoms with van der Waals surface area (Å²) in [7, 11) is 1.49. The van der Waals surface area contributed by atoms with Crippen LogP contribution in [0.1, 0.15) is 18.4 Å². The molecule has 0 unspecified atom stereocenters. The Balaban J connectivity index is 1.36. The number of nitrogens with zero attached hydrogens (tertiary/aromatic N) is 1. The average molecular weight is 503 g/mol. The van der Waals surface area contributed by atoms with Crippen LogP contribution in [0.5, 0.6) is 17.2 Å². The lowest BCUT2D eigenvalue weighted by Gasteiger charge is -2.13. The van der Waals surface area contributed by atoms with Crippen molar-refractivity contribution >= 4 is 46.5 Å². The zero-order chi connectivity index (χ0) is 24.1. The van der Waals surface area contributed by atoms with Crippen molar-refractivity contribution < 1.29 is 28.6 Å². The van der Waals surface area contributed by atoms with E-state index in [2.05, 4.69) is 5.32 Å². The first kappa shape index (κ1) is 24.0. The second-order valence-corrected chi connectivity index (χ2v) is 9.05. The van der Waals surface area contributed by atoms with E-state index < -0.39 is 5.91 Å². The van der Waals surface area contributed by atoms with Crippen LogP contribution >= 0.6 is 23.4 Å². The minimum Gasteiger partial charge on any atom is -0.493 e. The summed E-state index contributed by atoms with van der Waals surface area (Å²) < 4.78 is 16.5. The van der Waals surface area contributed by atoms with Crippen molar-refractivity contribution in [3.8, 4) is 17.2 Å². The van der Waals surface area contributed by atoms with E-state index in [1.165, 1.54) is 7.11 Å². The van der Waals surface area contributed by atoms with Gasteiger partial charge in [-0.05, 0) is 60.5 Å². The second-order valence-electron chi connectivity index (χ2n) is 7.65. The number of rotatable bonds is 10. The summed E-state index contributed by atoms with van der Waals surface area (Å²) in [5.41, 5.74) is 0.657. The van der Waals surface area contributed by atoms with Crippen LogP contribution in [-0.4, -0.2) is 54.9 Å². The van der Waals surface area contributed by atoms with E-state index in [0.29, 0.717) is 32.7 Å². The average Bonchev–Trinajstić information content (AvgIpc) is 3.60. The number of nitrogens with one attached hydrogen (secondary N) is 1. The van der Waals surface area contributed by atoms with Crippen molar-refractivity contribution in [2.24, 2.45) is 0 Å². The number of para-hydroxylation sites is 1. The summed E-state index contributed by atoms with van der Waals surface area (Å²) in [5.74, 6) is 0.747. The summed E-state index contributed by atoms with van der Waals surface area (Å²) in [6.07, 6.45) is 3.62. The molecule has 1 saturated carbocycles. The maximum absolute atomic E-state index is 12.8. The minimum absolute atomic E-state index is 0.103. The molecular weight excluding hydrogens is 480 g/mol. The lowest BCUT2D eigenvalue weighted by atomic mass is 10.2. The van der Waals surface area contributed by atoms with E-state index in [-0.39, 0.29) is 36.9 Å². The molecule has 1 heterocycles. The third-order valence-electron chi connectivity index (χ3n) is 5.07. The molecule has 0 spiro atoms. The molecule has 4 rings (SSSR count). The normalized spacial score (nSPS) is 16.6. The molecular formula is C24H23ClN2O6S. The predicted molar refractivity (Wildman–Crippen MR) is 129 cm³/mol. The first-order valence-electron chi connectivity index (χ1n) is 10.7. The van der Waals surface area contributed by atoms with Gasteiger partial charge in [-0.2, -0.15) is 0 Å². The van der Waals surface area contributed by atoms with Gasteiger partial charge >= 0.3 is 0 Å². The number of carbonyl (C=O) groups excluding carboxylic acids is 3. The van der Waals surface area contributed by atoms with Gasteiger partial charge in [-0.25, -0.2) is 0 Å². The summed E-state index contributed by atoms with van der Waals surface area (Å²) in [6.45, 7) is 0.122. The number of imide groups is 1. The smallest absolute Gasteiger partial charge is 0.293 e. The Morgan fingerprint density at radius 3 is 2.68 bits per heavy atom. The van der Waals surface area contributed by atoms with Crippen LogP contribution in [0.2, 0.25) is 5.02 Å². The number of methoxy groups -OCH3 is 1. The zero-order valence-electron chi connectivity index (χ0n) is 18.4. The van der Waals surface area contributed by atoms with E-state index >= 15 is 0 Å². The highest BCUT2D eigenvalue weighted by atomic mass is 35.5. The van der Waals surface area contributed by atoms with Gasteiger partial charge in [-0.3, -0.25) is 19.3 Å². The molecule has 1 N–H and O–H groups in total. The van der Waals surface area contributed by atoms with Gasteiger partial charge in [0.25, 0.3) is 17.1 Å². The summed E-state index contributed by atoms with van der Waals surface area (Å²) in [4.78, 5) is 38.4. The van der Waals surface area contributed by atoms with Crippen LogP contribution in [0.3, 0.4) is 0 Å². The molecule has 1 saturated heterocycles. The van der Waals surface area contributed by atoms with Crippen LogP contribution in [0.15, 0.2) is 47.4 Å². The van der Waals surface area contributed by atoms with Crippen LogP contribution < -0.4 is 19.5 Å². The number of ether oxygens (including phenoxy) is 3. The fraction of sp³-hybridized carbons (Fsp3) is 0.292. The highest BCUT2D eigenvalue weighted by Crippen LogP contribution is 2.34. The number of thioether (sulfide) groups is 1. The van der Waals surface area contributed by atoms with Crippen molar-refractivity contribution in [1.29, 1.82) is 0 Å². The molecule has 10 heteroatoms. The lowest BCUT2D eigenvalue weighted by Crippen LogP contribution is -2.32. The van der Waals surface area contributed by atoms with Crippen LogP contribution in [-0.2, 0) is 9.59 Å². The van der Waals surface area contributed by atoms with Crippen molar-refractivity contribution in [2.45, 2.75) is 18.9 Å². The zero-order valence-corrected chi connectivity index (χ0v) is 20.0. The molecule has 2 aliphatic rings. The Bertz CT molecular complexity index is 1130. The summed E-state index contributed by atoms with van der Waals surface area (Å²) in [5, 5.41) is 2.95. The number of benzene rings is 2. The Kier molecular flexibility index (Phi) is 7.64. The highest BCUT2D eigenvalue weighted by molar-refractivity contribution is 8.18. The van der Waals surface area contributed by atoms with Crippen molar-refractivity contribution in [1.82, 2.24) is 10.2 Å². The molecule has 1 aliphatic carbocycles. The number of carbonyl (C=O) groups is 3. The van der Waals surface area contributed by atoms with Crippen LogP contribution in [0.25, 0.3) is 6.08 Å². The minimum atomic E-state index is -0.395. The third kappa shape index (κ3) is 6.03. The van der Waals surface area contributed by atoms with Crippen LogP contribution in [0.4, 0.5) is 4.79 Å². The maximum atomic E-state index is 12.8. The number of hydrogen-bond acceptors (Lipinski definition) is 7. The van der Waals surface area contributed by atoms with Crippen molar-refractivity contribution in [3.63, 3.8) is 0 Å². The van der Waals surface area contributed by atoms with Crippen molar-refractivity contribution in [2.75, 3.05) is 26.9 Å². The Hall–Kier alpha value is -3.17. The largest absolute Gasteiger partial charge is 0.493 e. The Morgan fingerprint density at radius 1 is 1.15 bits per heavy atom. The fourth-order valence-corrected chi connectivity index (χ4v) is 4.24. The SMILES string of the molecule is COc1cc(/C=C2\SC(=O)N(CCOc3ccccc3Cl)C2=O)ccc1OCC(=O)NC1CC1. The van der Waals surface area contributed by atoms with E-state index in [1.807, 2.05) is 0 Å². The van der Waals surface area contributed by atoms with Gasteiger partial charge in [-0.1, -0.05) is 29.8 Å². The molecule has 0 bridgehead atoms. The van der Waals surface area contributed by atoms with Crippen molar-refractivity contribution in [3.05, 3.63) is 58.0 Å². The lowest BCUT2D eigenvalue weighted by molar-refractivity contribution is -0.123. The van der Waals surface area contributed by atoms with Gasteiger partial charge in [-0.15, -0.1) is 0 Å². The molecule has 3 amide bonds. The number of amides is 3. The maximum Gasteiger partial charge on any atom is 0.293 e. The quantitative estimate of drug-likeness (QED) is 0.488. The molecule has 0 aromatic heterocycles. The molecule has 34 heavy (non-hydrogen) atoms. The van der Waals surface area contributed by atoms with Gasteiger partial charge in [0.1, 0.15) is 12.4 Å². The van der Waals surface area contributed by atoms with E-state index in [4.69, 9.17) is 25.8 Å².